The van der Waals surface area contributed by atoms with E-state index in [1.54, 1.807) is 18.3 Å². The van der Waals surface area contributed by atoms with Crippen LogP contribution in [0.2, 0.25) is 0 Å². The lowest BCUT2D eigenvalue weighted by Gasteiger charge is -2.36. The highest BCUT2D eigenvalue weighted by atomic mass is 19.4. The topological polar surface area (TPSA) is 65.6 Å². The molecule has 0 aliphatic carbocycles. The number of aromatic amines is 1. The Labute approximate surface area is 160 Å². The fraction of sp³-hybridized carbons (Fsp3) is 0.400. The molecule has 0 saturated carbocycles. The van der Waals surface area contributed by atoms with Gasteiger partial charge in [-0.2, -0.15) is 13.2 Å². The van der Waals surface area contributed by atoms with Crippen molar-refractivity contribution in [3.63, 3.8) is 0 Å². The zero-order chi connectivity index (χ0) is 19.9. The zero-order valence-corrected chi connectivity index (χ0v) is 15.7. The summed E-state index contributed by atoms with van der Waals surface area (Å²) in [5, 5.41) is 7.24. The Balaban J connectivity index is 1.74. The monoisotopic (exact) mass is 389 g/mol. The van der Waals surface area contributed by atoms with Crippen molar-refractivity contribution in [1.82, 2.24) is 20.3 Å². The van der Waals surface area contributed by atoms with Crippen molar-refractivity contribution < 1.29 is 13.2 Å². The number of para-hydroxylation sites is 1. The highest BCUT2D eigenvalue weighted by Gasteiger charge is 2.36. The van der Waals surface area contributed by atoms with Gasteiger partial charge in [-0.3, -0.25) is 0 Å². The van der Waals surface area contributed by atoms with Gasteiger partial charge in [0.1, 0.15) is 5.56 Å². The molecule has 2 aromatic heterocycles. The fourth-order valence-electron chi connectivity index (χ4n) is 3.81. The molecule has 8 heteroatoms. The van der Waals surface area contributed by atoms with Gasteiger partial charge in [0, 0.05) is 48.0 Å². The summed E-state index contributed by atoms with van der Waals surface area (Å²) in [5.74, 6) is 0.206. The predicted octanol–water partition coefficient (Wildman–Crippen LogP) is 4.44. The molecular weight excluding hydrogens is 367 g/mol. The highest BCUT2D eigenvalue weighted by Crippen LogP contribution is 2.38. The van der Waals surface area contributed by atoms with Gasteiger partial charge in [0.2, 0.25) is 5.95 Å². The molecule has 1 aliphatic rings. The van der Waals surface area contributed by atoms with Crippen LogP contribution in [0.1, 0.15) is 25.8 Å². The van der Waals surface area contributed by atoms with Gasteiger partial charge in [0.15, 0.2) is 0 Å². The second-order valence-electron chi connectivity index (χ2n) is 8.04. The normalized spacial score (nSPS) is 19.7. The van der Waals surface area contributed by atoms with E-state index in [4.69, 9.17) is 0 Å². The first-order valence-electron chi connectivity index (χ1n) is 9.21. The van der Waals surface area contributed by atoms with Crippen molar-refractivity contribution in [2.75, 3.05) is 18.4 Å². The maximum Gasteiger partial charge on any atom is 0.419 e. The van der Waals surface area contributed by atoms with Gasteiger partial charge in [0.25, 0.3) is 0 Å². The maximum absolute atomic E-state index is 13.6. The lowest BCUT2D eigenvalue weighted by molar-refractivity contribution is -0.137. The van der Waals surface area contributed by atoms with Crippen molar-refractivity contribution in [2.45, 2.75) is 32.5 Å². The molecule has 28 heavy (non-hydrogen) atoms. The Morgan fingerprint density at radius 1 is 1.21 bits per heavy atom. The van der Waals surface area contributed by atoms with Crippen LogP contribution in [-0.4, -0.2) is 34.1 Å². The minimum atomic E-state index is -4.54. The Morgan fingerprint density at radius 3 is 2.75 bits per heavy atom. The Kier molecular flexibility index (Phi) is 4.53. The fourth-order valence-corrected chi connectivity index (χ4v) is 3.81. The van der Waals surface area contributed by atoms with Gasteiger partial charge in [-0.25, -0.2) is 9.97 Å². The van der Waals surface area contributed by atoms with Crippen LogP contribution in [0.4, 0.5) is 19.1 Å². The molecule has 1 fully saturated rings. The summed E-state index contributed by atoms with van der Waals surface area (Å²) in [7, 11) is 0. The van der Waals surface area contributed by atoms with Crippen LogP contribution in [0.15, 0.2) is 36.7 Å². The van der Waals surface area contributed by atoms with Crippen LogP contribution in [0.25, 0.3) is 22.2 Å². The van der Waals surface area contributed by atoms with E-state index in [9.17, 15) is 13.2 Å². The van der Waals surface area contributed by atoms with E-state index in [1.165, 1.54) is 0 Å². The molecule has 1 saturated heterocycles. The molecule has 1 aromatic carbocycles. The maximum atomic E-state index is 13.6. The third kappa shape index (κ3) is 3.69. The predicted molar refractivity (Wildman–Crippen MR) is 103 cm³/mol. The van der Waals surface area contributed by atoms with Gasteiger partial charge >= 0.3 is 6.18 Å². The summed E-state index contributed by atoms with van der Waals surface area (Å²) in [5.41, 5.74) is 0.310. The molecular formula is C20H22F3N5. The van der Waals surface area contributed by atoms with Crippen LogP contribution in [0.5, 0.6) is 0 Å². The molecule has 0 radical (unpaired) electrons. The molecule has 148 valence electrons. The van der Waals surface area contributed by atoms with Crippen LogP contribution >= 0.6 is 0 Å². The number of anilines is 1. The summed E-state index contributed by atoms with van der Waals surface area (Å²) < 4.78 is 40.8. The third-order valence-corrected chi connectivity index (χ3v) is 5.07. The zero-order valence-electron chi connectivity index (χ0n) is 15.7. The van der Waals surface area contributed by atoms with Crippen LogP contribution in [-0.2, 0) is 6.18 Å². The first-order chi connectivity index (χ1) is 13.2. The summed E-state index contributed by atoms with van der Waals surface area (Å²) in [6.07, 6.45) is -1.22. The molecule has 1 atom stereocenters. The number of hydrogen-bond donors (Lipinski definition) is 3. The number of piperidine rings is 1. The van der Waals surface area contributed by atoms with E-state index in [2.05, 4.69) is 39.4 Å². The smallest absolute Gasteiger partial charge is 0.360 e. The third-order valence-electron chi connectivity index (χ3n) is 5.07. The SMILES string of the molecule is CC1(C)CNCC(Nc2ncc(C(F)(F)F)c(-c3c[nH]c4ccccc34)n2)C1. The minimum absolute atomic E-state index is 0.0521. The Hall–Kier alpha value is -2.61. The number of rotatable bonds is 3. The van der Waals surface area contributed by atoms with Crippen molar-refractivity contribution in [2.24, 2.45) is 5.41 Å². The van der Waals surface area contributed by atoms with Crippen LogP contribution in [0, 0.1) is 5.41 Å². The standard InChI is InChI=1S/C20H22F3N5/c1-19(2)7-12(8-24-11-19)27-18-26-10-15(20(21,22)23)17(28-18)14-9-25-16-6-4-3-5-13(14)16/h3-6,9-10,12,24-25H,7-8,11H2,1-2H3,(H,26,27,28). The number of nitrogens with zero attached hydrogens (tertiary/aromatic N) is 2. The molecule has 1 unspecified atom stereocenters. The van der Waals surface area contributed by atoms with Crippen molar-refractivity contribution >= 4 is 16.9 Å². The molecule has 3 heterocycles. The summed E-state index contributed by atoms with van der Waals surface area (Å²) in [6.45, 7) is 5.92. The highest BCUT2D eigenvalue weighted by molar-refractivity contribution is 5.95. The van der Waals surface area contributed by atoms with E-state index >= 15 is 0 Å². The molecule has 3 N–H and O–H groups in total. The van der Waals surface area contributed by atoms with E-state index < -0.39 is 11.7 Å². The van der Waals surface area contributed by atoms with Gasteiger partial charge in [-0.15, -0.1) is 0 Å². The molecule has 0 bridgehead atoms. The van der Waals surface area contributed by atoms with Crippen molar-refractivity contribution in [1.29, 1.82) is 0 Å². The van der Waals surface area contributed by atoms with Gasteiger partial charge < -0.3 is 15.6 Å². The number of aromatic nitrogens is 3. The van der Waals surface area contributed by atoms with Crippen LogP contribution in [0.3, 0.4) is 0 Å². The molecule has 0 spiro atoms. The first kappa shape index (κ1) is 18.7. The first-order valence-corrected chi connectivity index (χ1v) is 9.21. The quantitative estimate of drug-likeness (QED) is 0.620. The van der Waals surface area contributed by atoms with Gasteiger partial charge in [-0.05, 0) is 17.9 Å². The summed E-state index contributed by atoms with van der Waals surface area (Å²) in [4.78, 5) is 11.3. The largest absolute Gasteiger partial charge is 0.419 e. The molecule has 5 nitrogen and oxygen atoms in total. The van der Waals surface area contributed by atoms with E-state index in [1.807, 2.05) is 12.1 Å². The van der Waals surface area contributed by atoms with Crippen molar-refractivity contribution in [3.8, 4) is 11.3 Å². The molecule has 0 amide bonds. The number of halogens is 3. The number of hydrogen-bond acceptors (Lipinski definition) is 4. The van der Waals surface area contributed by atoms with Gasteiger partial charge in [0.05, 0.1) is 5.69 Å². The lowest BCUT2D eigenvalue weighted by atomic mass is 9.83. The van der Waals surface area contributed by atoms with E-state index in [0.29, 0.717) is 10.9 Å². The van der Waals surface area contributed by atoms with E-state index in [-0.39, 0.29) is 23.1 Å². The minimum Gasteiger partial charge on any atom is -0.360 e. The van der Waals surface area contributed by atoms with Gasteiger partial charge in [-0.1, -0.05) is 32.0 Å². The molecule has 3 aromatic rings. The van der Waals surface area contributed by atoms with Crippen LogP contribution < -0.4 is 10.6 Å². The Bertz CT molecular complexity index is 993. The average Bonchev–Trinajstić information content (AvgIpc) is 3.04. The summed E-state index contributed by atoms with van der Waals surface area (Å²) in [6, 6.07) is 7.28. The number of alkyl halides is 3. The second kappa shape index (κ2) is 6.77. The molecule has 4 rings (SSSR count). The second-order valence-corrected chi connectivity index (χ2v) is 8.04. The summed E-state index contributed by atoms with van der Waals surface area (Å²) >= 11 is 0. The average molecular weight is 389 g/mol. The number of benzene rings is 1. The Morgan fingerprint density at radius 2 is 2.00 bits per heavy atom. The van der Waals surface area contributed by atoms with E-state index in [0.717, 1.165) is 31.2 Å². The number of H-pyrrole nitrogens is 1. The van der Waals surface area contributed by atoms with Crippen molar-refractivity contribution in [3.05, 3.63) is 42.2 Å². The lowest BCUT2D eigenvalue weighted by Crippen LogP contribution is -2.47. The molecule has 1 aliphatic heterocycles. The number of nitrogens with one attached hydrogen (secondary N) is 3. The number of fused-ring (bicyclic) bond motifs is 1.